The normalized spacial score (nSPS) is 15.3. The fraction of sp³-hybridized carbons (Fsp3) is 0.320. The molecule has 0 aliphatic carbocycles. The quantitative estimate of drug-likeness (QED) is 0.491. The molecule has 2 amide bonds. The highest BCUT2D eigenvalue weighted by atomic mass is 16.5. The molecule has 2 heterocycles. The van der Waals surface area contributed by atoms with Crippen LogP contribution in [0.25, 0.3) is 5.69 Å². The van der Waals surface area contributed by atoms with Crippen LogP contribution in [-0.4, -0.2) is 47.4 Å². The van der Waals surface area contributed by atoms with Crippen molar-refractivity contribution in [3.63, 3.8) is 0 Å². The van der Waals surface area contributed by atoms with Crippen LogP contribution in [0.3, 0.4) is 0 Å². The zero-order chi connectivity index (χ0) is 23.2. The molecule has 8 nitrogen and oxygen atoms in total. The molecule has 33 heavy (non-hydrogen) atoms. The molecular weight excluding hydrogens is 418 g/mol. The Morgan fingerprint density at radius 1 is 1.09 bits per heavy atom. The topological polar surface area (TPSA) is 97.3 Å². The lowest BCUT2D eigenvalue weighted by Gasteiger charge is -2.14. The van der Waals surface area contributed by atoms with Gasteiger partial charge in [0.15, 0.2) is 0 Å². The number of aromatic nitrogens is 2. The van der Waals surface area contributed by atoms with Gasteiger partial charge in [-0.3, -0.25) is 9.59 Å². The molecule has 2 aromatic carbocycles. The number of nitrogens with zero attached hydrogens (tertiary/aromatic N) is 2. The van der Waals surface area contributed by atoms with Gasteiger partial charge in [0.05, 0.1) is 41.0 Å². The Bertz CT molecular complexity index is 1120. The average Bonchev–Trinajstić information content (AvgIpc) is 3.46. The molecule has 1 atom stereocenters. The number of aryl methyl sites for hydroxylation is 1. The van der Waals surface area contributed by atoms with Crippen LogP contribution in [0, 0.1) is 13.8 Å². The highest BCUT2D eigenvalue weighted by Crippen LogP contribution is 2.23. The van der Waals surface area contributed by atoms with Gasteiger partial charge in [0.2, 0.25) is 5.91 Å². The molecule has 1 fully saturated rings. The summed E-state index contributed by atoms with van der Waals surface area (Å²) in [7, 11) is 0. The monoisotopic (exact) mass is 447 g/mol. The second-order valence-corrected chi connectivity index (χ2v) is 8.09. The molecule has 1 saturated heterocycles. The van der Waals surface area contributed by atoms with Crippen LogP contribution in [0.5, 0.6) is 0 Å². The molecule has 0 saturated carbocycles. The van der Waals surface area contributed by atoms with E-state index in [4.69, 9.17) is 4.74 Å². The van der Waals surface area contributed by atoms with Crippen LogP contribution >= 0.6 is 0 Å². The molecule has 3 aromatic rings. The lowest BCUT2D eigenvalue weighted by molar-refractivity contribution is -0.114. The summed E-state index contributed by atoms with van der Waals surface area (Å²) in [5.41, 5.74) is 4.30. The molecule has 0 radical (unpaired) electrons. The maximum absolute atomic E-state index is 12.7. The van der Waals surface area contributed by atoms with Gasteiger partial charge in [0.1, 0.15) is 0 Å². The van der Waals surface area contributed by atoms with Gasteiger partial charge in [0.25, 0.3) is 5.91 Å². The number of anilines is 2. The second kappa shape index (κ2) is 10.3. The number of ether oxygens (including phenoxy) is 1. The van der Waals surface area contributed by atoms with Crippen molar-refractivity contribution in [1.82, 2.24) is 15.1 Å². The Morgan fingerprint density at radius 2 is 1.85 bits per heavy atom. The molecule has 172 valence electrons. The molecule has 0 bridgehead atoms. The van der Waals surface area contributed by atoms with Gasteiger partial charge < -0.3 is 20.7 Å². The fourth-order valence-electron chi connectivity index (χ4n) is 3.95. The predicted molar refractivity (Wildman–Crippen MR) is 128 cm³/mol. The minimum Gasteiger partial charge on any atom is -0.376 e. The summed E-state index contributed by atoms with van der Waals surface area (Å²) < 4.78 is 7.38. The van der Waals surface area contributed by atoms with Crippen LogP contribution in [0.15, 0.2) is 54.6 Å². The Balaban J connectivity index is 1.38. The van der Waals surface area contributed by atoms with E-state index in [1.54, 1.807) is 18.2 Å². The minimum absolute atomic E-state index is 0.0193. The van der Waals surface area contributed by atoms with E-state index < -0.39 is 0 Å². The second-order valence-electron chi connectivity index (χ2n) is 8.09. The number of amides is 2. The van der Waals surface area contributed by atoms with Gasteiger partial charge >= 0.3 is 0 Å². The third kappa shape index (κ3) is 5.40. The first-order valence-electron chi connectivity index (χ1n) is 11.2. The molecule has 1 aliphatic heterocycles. The SMILES string of the molecule is Cc1nn(-c2ccccc2)c(C)c1NC(=O)CNc1ccccc1C(=O)NCC1CCCO1. The summed E-state index contributed by atoms with van der Waals surface area (Å²) in [6.07, 6.45) is 2.06. The summed E-state index contributed by atoms with van der Waals surface area (Å²) in [6.45, 7) is 5.03. The lowest BCUT2D eigenvalue weighted by atomic mass is 10.1. The van der Waals surface area contributed by atoms with Gasteiger partial charge in [-0.2, -0.15) is 5.10 Å². The van der Waals surface area contributed by atoms with Crippen LogP contribution in [0.2, 0.25) is 0 Å². The Morgan fingerprint density at radius 3 is 2.61 bits per heavy atom. The number of hydrogen-bond donors (Lipinski definition) is 3. The number of rotatable bonds is 8. The number of para-hydroxylation sites is 2. The van der Waals surface area contributed by atoms with E-state index in [2.05, 4.69) is 21.0 Å². The van der Waals surface area contributed by atoms with E-state index in [9.17, 15) is 9.59 Å². The van der Waals surface area contributed by atoms with Crippen LogP contribution in [0.1, 0.15) is 34.6 Å². The lowest BCUT2D eigenvalue weighted by Crippen LogP contribution is -2.32. The first-order chi connectivity index (χ1) is 16.0. The van der Waals surface area contributed by atoms with Gasteiger partial charge in [0, 0.05) is 18.8 Å². The third-order valence-electron chi connectivity index (χ3n) is 5.68. The van der Waals surface area contributed by atoms with E-state index >= 15 is 0 Å². The van der Waals surface area contributed by atoms with E-state index in [1.807, 2.05) is 54.9 Å². The van der Waals surface area contributed by atoms with Gasteiger partial charge in [-0.15, -0.1) is 0 Å². The summed E-state index contributed by atoms with van der Waals surface area (Å²) in [5, 5.41) is 13.5. The van der Waals surface area contributed by atoms with E-state index in [-0.39, 0.29) is 24.5 Å². The van der Waals surface area contributed by atoms with Crippen molar-refractivity contribution >= 4 is 23.2 Å². The van der Waals surface area contributed by atoms with Crippen molar-refractivity contribution in [2.75, 3.05) is 30.3 Å². The molecule has 1 unspecified atom stereocenters. The molecule has 3 N–H and O–H groups in total. The zero-order valence-electron chi connectivity index (χ0n) is 18.9. The first-order valence-corrected chi connectivity index (χ1v) is 11.2. The number of carbonyl (C=O) groups is 2. The van der Waals surface area contributed by atoms with Crippen LogP contribution < -0.4 is 16.0 Å². The zero-order valence-corrected chi connectivity index (χ0v) is 18.9. The molecular formula is C25H29N5O3. The van der Waals surface area contributed by atoms with Crippen LogP contribution in [-0.2, 0) is 9.53 Å². The predicted octanol–water partition coefficient (Wildman–Crippen LogP) is 3.45. The average molecular weight is 448 g/mol. The van der Waals surface area contributed by atoms with Crippen molar-refractivity contribution in [1.29, 1.82) is 0 Å². The Labute approximate surface area is 193 Å². The number of carbonyl (C=O) groups excluding carboxylic acids is 2. The van der Waals surface area contributed by atoms with Gasteiger partial charge in [-0.1, -0.05) is 30.3 Å². The third-order valence-corrected chi connectivity index (χ3v) is 5.68. The largest absolute Gasteiger partial charge is 0.376 e. The molecule has 4 rings (SSSR count). The van der Waals surface area contributed by atoms with Crippen molar-refractivity contribution in [3.8, 4) is 5.69 Å². The summed E-state index contributed by atoms with van der Waals surface area (Å²) in [5.74, 6) is -0.409. The highest BCUT2D eigenvalue weighted by Gasteiger charge is 2.19. The smallest absolute Gasteiger partial charge is 0.253 e. The molecule has 1 aromatic heterocycles. The molecule has 1 aliphatic rings. The Hall–Kier alpha value is -3.65. The maximum atomic E-state index is 12.7. The van der Waals surface area contributed by atoms with Gasteiger partial charge in [-0.25, -0.2) is 4.68 Å². The van der Waals surface area contributed by atoms with Crippen molar-refractivity contribution in [2.45, 2.75) is 32.8 Å². The summed E-state index contributed by atoms with van der Waals surface area (Å²) in [6, 6.07) is 16.9. The van der Waals surface area contributed by atoms with E-state index in [1.165, 1.54) is 0 Å². The highest BCUT2D eigenvalue weighted by molar-refractivity contribution is 6.01. The number of benzene rings is 2. The maximum Gasteiger partial charge on any atom is 0.253 e. The first kappa shape index (κ1) is 22.5. The number of nitrogens with one attached hydrogen (secondary N) is 3. The fourth-order valence-corrected chi connectivity index (χ4v) is 3.95. The molecule has 8 heteroatoms. The number of hydrogen-bond acceptors (Lipinski definition) is 5. The summed E-state index contributed by atoms with van der Waals surface area (Å²) >= 11 is 0. The van der Waals surface area contributed by atoms with Crippen molar-refractivity contribution in [3.05, 3.63) is 71.5 Å². The minimum atomic E-state index is -0.219. The van der Waals surface area contributed by atoms with Crippen molar-refractivity contribution < 1.29 is 14.3 Å². The molecule has 0 spiro atoms. The Kier molecular flexibility index (Phi) is 7.04. The standard InChI is InChI=1S/C25H29N5O3/c1-17-24(18(2)30(29-17)19-9-4-3-5-10-19)28-23(31)16-26-22-13-7-6-12-21(22)25(32)27-15-20-11-8-14-33-20/h3-7,9-10,12-13,20,26H,8,11,14-16H2,1-2H3,(H,27,32)(H,28,31). The van der Waals surface area contributed by atoms with E-state index in [0.29, 0.717) is 23.5 Å². The van der Waals surface area contributed by atoms with Crippen LogP contribution in [0.4, 0.5) is 11.4 Å². The van der Waals surface area contributed by atoms with Crippen molar-refractivity contribution in [2.24, 2.45) is 0 Å². The summed E-state index contributed by atoms with van der Waals surface area (Å²) in [4.78, 5) is 25.4. The van der Waals surface area contributed by atoms with Gasteiger partial charge in [-0.05, 0) is 51.0 Å². The van der Waals surface area contributed by atoms with E-state index in [0.717, 1.165) is 36.5 Å².